The van der Waals surface area contributed by atoms with E-state index in [0.29, 0.717) is 0 Å². The molecule has 5 heteroatoms. The van der Waals surface area contributed by atoms with Gasteiger partial charge in [0.25, 0.3) is 0 Å². The van der Waals surface area contributed by atoms with E-state index in [9.17, 15) is 0 Å². The molecule has 0 spiro atoms. The third-order valence-corrected chi connectivity index (χ3v) is 3.88. The maximum atomic E-state index is 5.66. The quantitative estimate of drug-likeness (QED) is 0.928. The van der Waals surface area contributed by atoms with Crippen LogP contribution in [0.5, 0.6) is 5.75 Å². The fourth-order valence-electron chi connectivity index (χ4n) is 2.28. The van der Waals surface area contributed by atoms with Crippen molar-refractivity contribution in [3.63, 3.8) is 0 Å². The van der Waals surface area contributed by atoms with Gasteiger partial charge in [0.15, 0.2) is 0 Å². The Bertz CT molecular complexity index is 555. The highest BCUT2D eigenvalue weighted by Crippen LogP contribution is 2.34. The predicted octanol–water partition coefficient (Wildman–Crippen LogP) is 3.43. The predicted molar refractivity (Wildman–Crippen MR) is 76.8 cm³/mol. The summed E-state index contributed by atoms with van der Waals surface area (Å²) in [5.74, 6) is 1.92. The third-order valence-electron chi connectivity index (χ3n) is 3.20. The maximum Gasteiger partial charge on any atom is 0.203 e. The molecular formula is C14H17N3OS. The van der Waals surface area contributed by atoms with Crippen molar-refractivity contribution in [3.8, 4) is 5.75 Å². The van der Waals surface area contributed by atoms with Crippen LogP contribution in [0.25, 0.3) is 0 Å². The van der Waals surface area contributed by atoms with Gasteiger partial charge in [0, 0.05) is 29.9 Å². The van der Waals surface area contributed by atoms with Gasteiger partial charge in [0.1, 0.15) is 11.6 Å². The first-order valence-corrected chi connectivity index (χ1v) is 7.45. The lowest BCUT2D eigenvalue weighted by molar-refractivity contribution is 0.274. The van der Waals surface area contributed by atoms with Crippen LogP contribution in [0.3, 0.4) is 0 Å². The molecule has 1 unspecified atom stereocenters. The Morgan fingerprint density at radius 2 is 2.32 bits per heavy atom. The minimum atomic E-state index is 0.271. The number of rotatable bonds is 4. The van der Waals surface area contributed by atoms with Gasteiger partial charge < -0.3 is 10.1 Å². The Labute approximate surface area is 117 Å². The summed E-state index contributed by atoms with van der Waals surface area (Å²) in [6, 6.07) is 8.45. The molecule has 4 nitrogen and oxygen atoms in total. The number of benzene rings is 1. The number of hydrogen-bond acceptors (Lipinski definition) is 5. The van der Waals surface area contributed by atoms with Gasteiger partial charge in [0.05, 0.1) is 12.6 Å². The van der Waals surface area contributed by atoms with Gasteiger partial charge >= 0.3 is 0 Å². The number of nitrogens with zero attached hydrogens (tertiary/aromatic N) is 2. The topological polar surface area (TPSA) is 47.0 Å². The largest absolute Gasteiger partial charge is 0.493 e. The lowest BCUT2D eigenvalue weighted by Gasteiger charge is -2.26. The lowest BCUT2D eigenvalue weighted by atomic mass is 10.0. The summed E-state index contributed by atoms with van der Waals surface area (Å²) >= 11 is 1.44. The number of anilines is 1. The van der Waals surface area contributed by atoms with Crippen LogP contribution in [0.2, 0.25) is 0 Å². The average molecular weight is 275 g/mol. The van der Waals surface area contributed by atoms with E-state index in [-0.39, 0.29) is 6.04 Å². The molecule has 0 radical (unpaired) electrons. The van der Waals surface area contributed by atoms with Crippen molar-refractivity contribution in [1.29, 1.82) is 0 Å². The van der Waals surface area contributed by atoms with Gasteiger partial charge in [-0.2, -0.15) is 4.37 Å². The van der Waals surface area contributed by atoms with Gasteiger partial charge in [-0.25, -0.2) is 4.98 Å². The number of aromatic nitrogens is 2. The minimum absolute atomic E-state index is 0.271. The first-order chi connectivity index (χ1) is 9.36. The summed E-state index contributed by atoms with van der Waals surface area (Å²) in [5, 5.41) is 4.39. The van der Waals surface area contributed by atoms with Crippen molar-refractivity contribution in [2.24, 2.45) is 0 Å². The van der Waals surface area contributed by atoms with Crippen molar-refractivity contribution in [3.05, 3.63) is 35.7 Å². The van der Waals surface area contributed by atoms with Gasteiger partial charge in [-0.05, 0) is 12.5 Å². The molecule has 0 saturated carbocycles. The summed E-state index contributed by atoms with van der Waals surface area (Å²) in [7, 11) is 0. The molecule has 0 aliphatic carbocycles. The zero-order valence-electron chi connectivity index (χ0n) is 10.9. The van der Waals surface area contributed by atoms with E-state index in [1.807, 2.05) is 18.2 Å². The lowest BCUT2D eigenvalue weighted by Crippen LogP contribution is -2.20. The highest BCUT2D eigenvalue weighted by Gasteiger charge is 2.21. The maximum absolute atomic E-state index is 5.66. The first kappa shape index (κ1) is 12.4. The Kier molecular flexibility index (Phi) is 3.64. The number of nitrogens with one attached hydrogen (secondary N) is 1. The molecular weight excluding hydrogens is 258 g/mol. The van der Waals surface area contributed by atoms with Crippen molar-refractivity contribution in [1.82, 2.24) is 9.36 Å². The summed E-state index contributed by atoms with van der Waals surface area (Å²) in [4.78, 5) is 4.52. The van der Waals surface area contributed by atoms with E-state index >= 15 is 0 Å². The third kappa shape index (κ3) is 2.71. The second kappa shape index (κ2) is 5.57. The number of aryl methyl sites for hydroxylation is 1. The van der Waals surface area contributed by atoms with Gasteiger partial charge in [-0.1, -0.05) is 25.1 Å². The second-order valence-electron chi connectivity index (χ2n) is 4.64. The van der Waals surface area contributed by atoms with E-state index in [2.05, 4.69) is 27.7 Å². The van der Waals surface area contributed by atoms with Gasteiger partial charge in [-0.3, -0.25) is 0 Å². The molecule has 1 aromatic carbocycles. The number of fused-ring (bicyclic) bond motifs is 1. The van der Waals surface area contributed by atoms with Gasteiger partial charge in [0.2, 0.25) is 5.13 Å². The zero-order chi connectivity index (χ0) is 13.1. The van der Waals surface area contributed by atoms with Crippen molar-refractivity contribution in [2.45, 2.75) is 32.2 Å². The molecule has 2 aromatic rings. The van der Waals surface area contributed by atoms with Crippen LogP contribution in [0.15, 0.2) is 24.3 Å². The van der Waals surface area contributed by atoms with Crippen LogP contribution in [0.1, 0.15) is 37.2 Å². The number of hydrogen-bond donors (Lipinski definition) is 1. The van der Waals surface area contributed by atoms with E-state index in [1.54, 1.807) is 0 Å². The number of para-hydroxylation sites is 1. The van der Waals surface area contributed by atoms with Crippen LogP contribution in [-0.2, 0) is 6.42 Å². The SMILES string of the molecule is CCCc1nsc(NC2CCOc3ccccc32)n1. The Morgan fingerprint density at radius 3 is 3.21 bits per heavy atom. The molecule has 100 valence electrons. The molecule has 1 aliphatic rings. The first-order valence-electron chi connectivity index (χ1n) is 6.67. The van der Waals surface area contributed by atoms with E-state index in [0.717, 1.165) is 42.6 Å². The standard InChI is InChI=1S/C14H17N3OS/c1-2-5-13-16-14(19-17-13)15-11-8-9-18-12-7-4-3-6-10(11)12/h3-4,6-7,11H,2,5,8-9H2,1H3,(H,15,16,17). The zero-order valence-corrected chi connectivity index (χ0v) is 11.7. The number of ether oxygens (including phenoxy) is 1. The van der Waals surface area contributed by atoms with E-state index in [1.165, 1.54) is 17.1 Å². The fraction of sp³-hybridized carbons (Fsp3) is 0.429. The molecule has 1 N–H and O–H groups in total. The highest BCUT2D eigenvalue weighted by atomic mass is 32.1. The van der Waals surface area contributed by atoms with E-state index in [4.69, 9.17) is 4.74 Å². The molecule has 2 heterocycles. The Balaban J connectivity index is 1.76. The summed E-state index contributed by atoms with van der Waals surface area (Å²) in [6.45, 7) is 2.89. The monoisotopic (exact) mass is 275 g/mol. The minimum Gasteiger partial charge on any atom is -0.493 e. The van der Waals surface area contributed by atoms with Crippen LogP contribution in [-0.4, -0.2) is 16.0 Å². The molecule has 0 bridgehead atoms. The molecule has 0 saturated heterocycles. The van der Waals surface area contributed by atoms with Crippen molar-refractivity contribution < 1.29 is 4.74 Å². The normalized spacial score (nSPS) is 17.6. The van der Waals surface area contributed by atoms with Crippen LogP contribution >= 0.6 is 11.5 Å². The van der Waals surface area contributed by atoms with Crippen molar-refractivity contribution >= 4 is 16.7 Å². The molecule has 1 aromatic heterocycles. The summed E-state index contributed by atoms with van der Waals surface area (Å²) < 4.78 is 10.0. The molecule has 1 aliphatic heterocycles. The highest BCUT2D eigenvalue weighted by molar-refractivity contribution is 7.09. The molecule has 0 amide bonds. The Morgan fingerprint density at radius 1 is 1.42 bits per heavy atom. The van der Waals surface area contributed by atoms with E-state index < -0.39 is 0 Å². The fourth-order valence-corrected chi connectivity index (χ4v) is 2.94. The smallest absolute Gasteiger partial charge is 0.203 e. The van der Waals surface area contributed by atoms with Gasteiger partial charge in [-0.15, -0.1) is 0 Å². The summed E-state index contributed by atoms with van der Waals surface area (Å²) in [6.07, 6.45) is 2.98. The molecule has 19 heavy (non-hydrogen) atoms. The van der Waals surface area contributed by atoms with Crippen LogP contribution < -0.4 is 10.1 Å². The molecule has 1 atom stereocenters. The molecule has 3 rings (SSSR count). The Hall–Kier alpha value is -1.62. The van der Waals surface area contributed by atoms with Crippen molar-refractivity contribution in [2.75, 3.05) is 11.9 Å². The summed E-state index contributed by atoms with van der Waals surface area (Å²) in [5.41, 5.74) is 1.21. The second-order valence-corrected chi connectivity index (χ2v) is 5.39. The van der Waals surface area contributed by atoms with Crippen LogP contribution in [0.4, 0.5) is 5.13 Å². The molecule has 0 fully saturated rings. The average Bonchev–Trinajstić information content (AvgIpc) is 2.87. The van der Waals surface area contributed by atoms with Crippen LogP contribution in [0, 0.1) is 0 Å².